The minimum Gasteiger partial charge on any atom is -0.494 e. The molecule has 0 radical (unpaired) electrons. The first-order valence-electron chi connectivity index (χ1n) is 8.74. The number of rotatable bonds is 9. The first kappa shape index (κ1) is 21.7. The number of halogens is 2. The number of ether oxygens (including phenoxy) is 2. The van der Waals surface area contributed by atoms with Crippen molar-refractivity contribution in [3.63, 3.8) is 0 Å². The molecular weight excluding hydrogens is 422 g/mol. The minimum absolute atomic E-state index is 0.0831. The van der Waals surface area contributed by atoms with E-state index < -0.39 is 28.2 Å². The number of oxazole rings is 1. The van der Waals surface area contributed by atoms with E-state index in [9.17, 15) is 17.2 Å². The highest BCUT2D eigenvalue weighted by molar-refractivity contribution is 7.85. The van der Waals surface area contributed by atoms with Crippen molar-refractivity contribution in [2.45, 2.75) is 12.8 Å². The molecule has 2 heterocycles. The highest BCUT2D eigenvalue weighted by Gasteiger charge is 2.22. The molecule has 0 spiro atoms. The summed E-state index contributed by atoms with van der Waals surface area (Å²) < 4.78 is 72.1. The predicted molar refractivity (Wildman–Crippen MR) is 103 cm³/mol. The Kier molecular flexibility index (Phi) is 6.63. The number of aromatic nitrogens is 2. The molecule has 0 atom stereocenters. The first-order chi connectivity index (χ1) is 14.3. The molecule has 160 valence electrons. The fraction of sp³-hybridized carbons (Fsp3) is 0.263. The van der Waals surface area contributed by atoms with E-state index in [0.29, 0.717) is 22.8 Å². The van der Waals surface area contributed by atoms with Crippen LogP contribution in [0.25, 0.3) is 22.6 Å². The normalized spacial score (nSPS) is 11.6. The largest absolute Gasteiger partial charge is 0.494 e. The quantitative estimate of drug-likeness (QED) is 0.392. The average Bonchev–Trinajstić information content (AvgIpc) is 3.17. The Morgan fingerprint density at radius 3 is 2.40 bits per heavy atom. The van der Waals surface area contributed by atoms with Gasteiger partial charge in [0.05, 0.1) is 19.5 Å². The zero-order valence-corrected chi connectivity index (χ0v) is 16.6. The molecule has 30 heavy (non-hydrogen) atoms. The molecule has 0 aliphatic rings. The Morgan fingerprint density at radius 2 is 1.83 bits per heavy atom. The molecule has 1 N–H and O–H groups in total. The summed E-state index contributed by atoms with van der Waals surface area (Å²) >= 11 is 0. The number of alkyl halides is 2. The summed E-state index contributed by atoms with van der Waals surface area (Å²) in [5.41, 5.74) is 1.18. The van der Waals surface area contributed by atoms with Crippen LogP contribution in [0.3, 0.4) is 0 Å². The summed E-state index contributed by atoms with van der Waals surface area (Å²) in [5, 5.41) is 0. The van der Waals surface area contributed by atoms with Gasteiger partial charge < -0.3 is 13.9 Å². The van der Waals surface area contributed by atoms with Gasteiger partial charge in [-0.1, -0.05) is 0 Å². The van der Waals surface area contributed by atoms with Crippen molar-refractivity contribution in [2.24, 2.45) is 0 Å². The first-order valence-corrected chi connectivity index (χ1v) is 10.4. The second kappa shape index (κ2) is 9.18. The van der Waals surface area contributed by atoms with Crippen molar-refractivity contribution in [3.05, 3.63) is 48.5 Å². The maximum absolute atomic E-state index is 13.2. The molecule has 11 heteroatoms. The van der Waals surface area contributed by atoms with E-state index in [2.05, 4.69) is 9.97 Å². The van der Waals surface area contributed by atoms with Gasteiger partial charge in [0.2, 0.25) is 5.88 Å². The lowest BCUT2D eigenvalue weighted by molar-refractivity contribution is 0.116. The summed E-state index contributed by atoms with van der Waals surface area (Å²) in [4.78, 5) is 7.97. The van der Waals surface area contributed by atoms with E-state index in [4.69, 9.17) is 18.4 Å². The van der Waals surface area contributed by atoms with E-state index in [-0.39, 0.29) is 24.5 Å². The number of hydrogen-bond acceptors (Lipinski definition) is 7. The van der Waals surface area contributed by atoms with Crippen LogP contribution >= 0.6 is 0 Å². The molecule has 0 saturated heterocycles. The Morgan fingerprint density at radius 1 is 1.13 bits per heavy atom. The molecule has 8 nitrogen and oxygen atoms in total. The van der Waals surface area contributed by atoms with Crippen LogP contribution in [0.2, 0.25) is 0 Å². The van der Waals surface area contributed by atoms with Gasteiger partial charge in [0.1, 0.15) is 11.4 Å². The fourth-order valence-electron chi connectivity index (χ4n) is 2.60. The SMILES string of the molecule is COc1ccc(-c2nc(C(F)F)oc2-c2ccc(OCCCS(=O)(=O)O)cc2)cn1. The highest BCUT2D eigenvalue weighted by Crippen LogP contribution is 2.36. The lowest BCUT2D eigenvalue weighted by Gasteiger charge is -2.07. The van der Waals surface area contributed by atoms with Gasteiger partial charge in [0, 0.05) is 23.4 Å². The standard InChI is InChI=1S/C19H18F2N2O6S/c1-27-15-8-5-13(11-22-15)16-17(29-19(23-16)18(20)21)12-3-6-14(7-4-12)28-9-2-10-30(24,25)26/h3-8,11,18H,2,9-10H2,1H3,(H,24,25,26). The summed E-state index contributed by atoms with van der Waals surface area (Å²) in [6.07, 6.45) is -1.31. The third-order valence-electron chi connectivity index (χ3n) is 3.98. The second-order valence-corrected chi connectivity index (χ2v) is 7.70. The van der Waals surface area contributed by atoms with Crippen molar-refractivity contribution in [1.82, 2.24) is 9.97 Å². The number of pyridine rings is 1. The molecular formula is C19H18F2N2O6S. The van der Waals surface area contributed by atoms with Crippen molar-refractivity contribution >= 4 is 10.1 Å². The monoisotopic (exact) mass is 440 g/mol. The van der Waals surface area contributed by atoms with E-state index in [1.807, 2.05) is 0 Å². The summed E-state index contributed by atoms with van der Waals surface area (Å²) in [7, 11) is -2.57. The van der Waals surface area contributed by atoms with Crippen molar-refractivity contribution in [3.8, 4) is 34.2 Å². The topological polar surface area (TPSA) is 112 Å². The number of methoxy groups -OCH3 is 1. The Labute approximate surface area is 171 Å². The van der Waals surface area contributed by atoms with Crippen molar-refractivity contribution < 1.29 is 35.6 Å². The van der Waals surface area contributed by atoms with Gasteiger partial charge in [0.15, 0.2) is 5.76 Å². The lowest BCUT2D eigenvalue weighted by atomic mass is 10.1. The summed E-state index contributed by atoms with van der Waals surface area (Å²) in [6, 6.07) is 9.60. The maximum atomic E-state index is 13.2. The third kappa shape index (κ3) is 5.51. The zero-order chi connectivity index (χ0) is 21.7. The van der Waals surface area contributed by atoms with Gasteiger partial charge in [-0.3, -0.25) is 4.55 Å². The molecule has 0 fully saturated rings. The van der Waals surface area contributed by atoms with Crippen LogP contribution in [-0.4, -0.2) is 42.4 Å². The molecule has 3 aromatic rings. The zero-order valence-electron chi connectivity index (χ0n) is 15.8. The Hall–Kier alpha value is -3.05. The van der Waals surface area contributed by atoms with Crippen LogP contribution in [0.5, 0.6) is 11.6 Å². The molecule has 0 amide bonds. The van der Waals surface area contributed by atoms with E-state index in [0.717, 1.165) is 0 Å². The molecule has 1 aromatic carbocycles. The van der Waals surface area contributed by atoms with E-state index in [1.165, 1.54) is 13.3 Å². The maximum Gasteiger partial charge on any atom is 0.313 e. The molecule has 0 unspecified atom stereocenters. The molecule has 3 rings (SSSR count). The Bertz CT molecular complexity index is 1080. The van der Waals surface area contributed by atoms with Crippen LogP contribution in [0.1, 0.15) is 18.7 Å². The molecule has 0 saturated carbocycles. The number of benzene rings is 1. The van der Waals surface area contributed by atoms with Crippen LogP contribution < -0.4 is 9.47 Å². The Balaban J connectivity index is 1.82. The van der Waals surface area contributed by atoms with Gasteiger partial charge >= 0.3 is 6.43 Å². The summed E-state index contributed by atoms with van der Waals surface area (Å²) in [5.74, 6) is -0.154. The summed E-state index contributed by atoms with van der Waals surface area (Å²) in [6.45, 7) is 0.0831. The van der Waals surface area contributed by atoms with E-state index >= 15 is 0 Å². The lowest BCUT2D eigenvalue weighted by Crippen LogP contribution is -2.08. The number of hydrogen-bond donors (Lipinski definition) is 1. The van der Waals surface area contributed by atoms with Crippen LogP contribution in [0, 0.1) is 0 Å². The van der Waals surface area contributed by atoms with Crippen LogP contribution in [0.15, 0.2) is 47.0 Å². The predicted octanol–water partition coefficient (Wildman–Crippen LogP) is 4.01. The average molecular weight is 440 g/mol. The second-order valence-electron chi connectivity index (χ2n) is 6.13. The van der Waals surface area contributed by atoms with E-state index in [1.54, 1.807) is 36.4 Å². The van der Waals surface area contributed by atoms with Crippen molar-refractivity contribution in [1.29, 1.82) is 0 Å². The van der Waals surface area contributed by atoms with Gasteiger partial charge in [-0.2, -0.15) is 17.2 Å². The number of nitrogens with zero attached hydrogens (tertiary/aromatic N) is 2. The highest BCUT2D eigenvalue weighted by atomic mass is 32.2. The van der Waals surface area contributed by atoms with Gasteiger partial charge in [0.25, 0.3) is 16.0 Å². The minimum atomic E-state index is -4.04. The molecule has 2 aromatic heterocycles. The van der Waals surface area contributed by atoms with Gasteiger partial charge in [-0.05, 0) is 36.8 Å². The van der Waals surface area contributed by atoms with Crippen molar-refractivity contribution in [2.75, 3.05) is 19.5 Å². The smallest absolute Gasteiger partial charge is 0.313 e. The van der Waals surface area contributed by atoms with Crippen LogP contribution in [-0.2, 0) is 10.1 Å². The molecule has 0 aliphatic carbocycles. The van der Waals surface area contributed by atoms with Gasteiger partial charge in [-0.15, -0.1) is 0 Å². The van der Waals surface area contributed by atoms with Crippen LogP contribution in [0.4, 0.5) is 8.78 Å². The van der Waals surface area contributed by atoms with Gasteiger partial charge in [-0.25, -0.2) is 9.97 Å². The fourth-order valence-corrected chi connectivity index (χ4v) is 3.08. The third-order valence-corrected chi connectivity index (χ3v) is 4.79. The molecule has 0 aliphatic heterocycles. The molecule has 0 bridgehead atoms.